The molecule has 6 nitrogen and oxygen atoms in total. The Morgan fingerprint density at radius 3 is 2.67 bits per heavy atom. The van der Waals surface area contributed by atoms with Gasteiger partial charge in [0.1, 0.15) is 0 Å². The Kier molecular flexibility index (Phi) is 10.6. The fourth-order valence-corrected chi connectivity index (χ4v) is 4.18. The first-order valence-electron chi connectivity index (χ1n) is 9.39. The topological polar surface area (TPSA) is 65.0 Å². The molecule has 1 fully saturated rings. The van der Waals surface area contributed by atoms with Crippen LogP contribution < -0.4 is 5.32 Å². The van der Waals surface area contributed by atoms with Crippen LogP contribution in [0.1, 0.15) is 25.3 Å². The van der Waals surface area contributed by atoms with Crippen LogP contribution in [0.25, 0.3) is 0 Å². The number of benzene rings is 1. The van der Waals surface area contributed by atoms with Gasteiger partial charge in [-0.2, -0.15) is 0 Å². The molecule has 0 aromatic heterocycles. The summed E-state index contributed by atoms with van der Waals surface area (Å²) in [6.45, 7) is 4.94. The average molecular weight is 508 g/mol. The predicted octanol–water partition coefficient (Wildman–Crippen LogP) is 2.42. The molecule has 0 saturated carbocycles. The van der Waals surface area contributed by atoms with Gasteiger partial charge in [0.05, 0.1) is 5.75 Å². The van der Waals surface area contributed by atoms with Crippen molar-refractivity contribution >= 4 is 40.0 Å². The molecule has 1 aromatic rings. The maximum atomic E-state index is 11.8. The van der Waals surface area contributed by atoms with E-state index in [1.165, 1.54) is 16.3 Å². The molecule has 1 aliphatic heterocycles. The zero-order valence-corrected chi connectivity index (χ0v) is 19.7. The minimum absolute atomic E-state index is 0. The first-order chi connectivity index (χ1) is 12.5. The summed E-state index contributed by atoms with van der Waals surface area (Å²) in [4.78, 5) is 6.70. The molecule has 1 saturated heterocycles. The van der Waals surface area contributed by atoms with Crippen LogP contribution in [0.5, 0.6) is 0 Å². The number of sulfonamides is 1. The second kappa shape index (κ2) is 11.9. The summed E-state index contributed by atoms with van der Waals surface area (Å²) in [5.41, 5.74) is 1.39. The molecule has 1 atom stereocenters. The van der Waals surface area contributed by atoms with Gasteiger partial charge in [0.25, 0.3) is 0 Å². The lowest BCUT2D eigenvalue weighted by atomic mass is 9.99. The molecule has 1 unspecified atom stereocenters. The van der Waals surface area contributed by atoms with Crippen molar-refractivity contribution in [2.24, 2.45) is 10.9 Å². The minimum atomic E-state index is -3.09. The fraction of sp³-hybridized carbons (Fsp3) is 0.632. The summed E-state index contributed by atoms with van der Waals surface area (Å²) < 4.78 is 24.9. The van der Waals surface area contributed by atoms with Gasteiger partial charge in [0, 0.05) is 40.3 Å². The van der Waals surface area contributed by atoms with Crippen molar-refractivity contribution in [1.29, 1.82) is 0 Å². The van der Waals surface area contributed by atoms with Crippen molar-refractivity contribution in [2.75, 3.05) is 46.0 Å². The second-order valence-electron chi connectivity index (χ2n) is 6.84. The molecule has 8 heteroatoms. The third-order valence-electron chi connectivity index (χ3n) is 4.94. The Hall–Kier alpha value is -0.870. The van der Waals surface area contributed by atoms with Gasteiger partial charge in [-0.3, -0.25) is 4.99 Å². The highest BCUT2D eigenvalue weighted by molar-refractivity contribution is 14.0. The molecule has 0 radical (unpaired) electrons. The number of halogens is 1. The molecular weight excluding hydrogens is 475 g/mol. The van der Waals surface area contributed by atoms with Gasteiger partial charge >= 0.3 is 0 Å². The Balaban J connectivity index is 0.00000364. The van der Waals surface area contributed by atoms with E-state index < -0.39 is 10.0 Å². The van der Waals surface area contributed by atoms with Crippen LogP contribution >= 0.6 is 24.0 Å². The lowest BCUT2D eigenvalue weighted by Crippen LogP contribution is -2.41. The van der Waals surface area contributed by atoms with E-state index >= 15 is 0 Å². The van der Waals surface area contributed by atoms with E-state index in [0.29, 0.717) is 12.5 Å². The Morgan fingerprint density at radius 2 is 2.04 bits per heavy atom. The van der Waals surface area contributed by atoms with E-state index in [0.717, 1.165) is 38.4 Å². The number of likely N-dealkylation sites (tertiary alicyclic amines) is 1. The largest absolute Gasteiger partial charge is 0.356 e. The van der Waals surface area contributed by atoms with E-state index in [9.17, 15) is 8.42 Å². The highest BCUT2D eigenvalue weighted by Crippen LogP contribution is 2.20. The normalized spacial score (nSPS) is 17.9. The SMILES string of the molecule is CCS(=O)(=O)N(C)CCCNC(=NC)N1CCC(Cc2ccccc2)C1.I. The standard InChI is InChI=1S/C19H32N4O2S.HI/c1-4-26(24,25)22(3)13-8-12-21-19(20-2)23-14-11-18(16-23)15-17-9-6-5-7-10-17;/h5-7,9-10,18H,4,8,11-16H2,1-3H3,(H,20,21);1H. The van der Waals surface area contributed by atoms with Gasteiger partial charge in [-0.25, -0.2) is 12.7 Å². The highest BCUT2D eigenvalue weighted by atomic mass is 127. The minimum Gasteiger partial charge on any atom is -0.356 e. The van der Waals surface area contributed by atoms with Crippen LogP contribution in [-0.4, -0.2) is 69.6 Å². The quantitative estimate of drug-likeness (QED) is 0.254. The monoisotopic (exact) mass is 508 g/mol. The average Bonchev–Trinajstić information content (AvgIpc) is 3.10. The summed E-state index contributed by atoms with van der Waals surface area (Å²) in [7, 11) is 0.355. The zero-order chi connectivity index (χ0) is 19.0. The van der Waals surface area contributed by atoms with Crippen molar-refractivity contribution in [3.63, 3.8) is 0 Å². The number of hydrogen-bond donors (Lipinski definition) is 1. The van der Waals surface area contributed by atoms with E-state index in [1.54, 1.807) is 21.0 Å². The lowest BCUT2D eigenvalue weighted by Gasteiger charge is -2.22. The van der Waals surface area contributed by atoms with E-state index in [4.69, 9.17) is 0 Å². The number of hydrogen-bond acceptors (Lipinski definition) is 3. The molecule has 1 aliphatic rings. The fourth-order valence-electron chi connectivity index (χ4n) is 3.33. The molecule has 0 bridgehead atoms. The molecular formula is C19H33IN4O2S. The molecule has 0 spiro atoms. The number of rotatable bonds is 8. The molecule has 1 aromatic carbocycles. The van der Waals surface area contributed by atoms with Crippen molar-refractivity contribution in [1.82, 2.24) is 14.5 Å². The van der Waals surface area contributed by atoms with E-state index in [-0.39, 0.29) is 29.7 Å². The zero-order valence-electron chi connectivity index (χ0n) is 16.6. The lowest BCUT2D eigenvalue weighted by molar-refractivity contribution is 0.445. The maximum Gasteiger partial charge on any atom is 0.213 e. The summed E-state index contributed by atoms with van der Waals surface area (Å²) >= 11 is 0. The van der Waals surface area contributed by atoms with Gasteiger partial charge in [-0.15, -0.1) is 24.0 Å². The van der Waals surface area contributed by atoms with Gasteiger partial charge in [0.15, 0.2) is 5.96 Å². The van der Waals surface area contributed by atoms with Gasteiger partial charge in [-0.05, 0) is 37.7 Å². The molecule has 2 rings (SSSR count). The van der Waals surface area contributed by atoms with Crippen molar-refractivity contribution in [3.8, 4) is 0 Å². The van der Waals surface area contributed by atoms with Gasteiger partial charge in [0.2, 0.25) is 10.0 Å². The van der Waals surface area contributed by atoms with Crippen molar-refractivity contribution in [3.05, 3.63) is 35.9 Å². The highest BCUT2D eigenvalue weighted by Gasteiger charge is 2.24. The van der Waals surface area contributed by atoms with Gasteiger partial charge < -0.3 is 10.2 Å². The Morgan fingerprint density at radius 1 is 1.33 bits per heavy atom. The Labute approximate surface area is 181 Å². The Bertz CT molecular complexity index is 682. The first-order valence-corrected chi connectivity index (χ1v) is 11.0. The van der Waals surface area contributed by atoms with Crippen LogP contribution in [-0.2, 0) is 16.4 Å². The van der Waals surface area contributed by atoms with Crippen LogP contribution in [0.3, 0.4) is 0 Å². The van der Waals surface area contributed by atoms with Crippen molar-refractivity contribution < 1.29 is 8.42 Å². The van der Waals surface area contributed by atoms with Crippen molar-refractivity contribution in [2.45, 2.75) is 26.2 Å². The molecule has 154 valence electrons. The summed E-state index contributed by atoms with van der Waals surface area (Å²) in [6, 6.07) is 10.6. The van der Waals surface area contributed by atoms with Crippen LogP contribution in [0.2, 0.25) is 0 Å². The van der Waals surface area contributed by atoms with E-state index in [2.05, 4.69) is 45.5 Å². The molecule has 0 aliphatic carbocycles. The summed E-state index contributed by atoms with van der Waals surface area (Å²) in [5.74, 6) is 1.72. The molecule has 1 N–H and O–H groups in total. The number of guanidine groups is 1. The molecule has 1 heterocycles. The predicted molar refractivity (Wildman–Crippen MR) is 123 cm³/mol. The smallest absolute Gasteiger partial charge is 0.213 e. The van der Waals surface area contributed by atoms with Gasteiger partial charge in [-0.1, -0.05) is 30.3 Å². The maximum absolute atomic E-state index is 11.8. The summed E-state index contributed by atoms with van der Waals surface area (Å²) in [6.07, 6.45) is 3.04. The van der Waals surface area contributed by atoms with E-state index in [1.807, 2.05) is 0 Å². The first kappa shape index (κ1) is 24.2. The number of aliphatic imine (C=N–C) groups is 1. The number of nitrogens with one attached hydrogen (secondary N) is 1. The summed E-state index contributed by atoms with van der Waals surface area (Å²) in [5, 5.41) is 3.38. The van der Waals surface area contributed by atoms with Crippen LogP contribution in [0, 0.1) is 5.92 Å². The number of nitrogens with zero attached hydrogens (tertiary/aromatic N) is 3. The molecule has 27 heavy (non-hydrogen) atoms. The van der Waals surface area contributed by atoms with Crippen LogP contribution in [0.15, 0.2) is 35.3 Å². The van der Waals surface area contributed by atoms with Crippen LogP contribution in [0.4, 0.5) is 0 Å². The third-order valence-corrected chi connectivity index (χ3v) is 6.80. The third kappa shape index (κ3) is 7.57. The molecule has 0 amide bonds. The second-order valence-corrected chi connectivity index (χ2v) is 9.20.